The van der Waals surface area contributed by atoms with Crippen molar-refractivity contribution in [3.8, 4) is 5.75 Å². The third-order valence-electron chi connectivity index (χ3n) is 2.80. The molecule has 0 heterocycles. The van der Waals surface area contributed by atoms with Crippen molar-refractivity contribution in [2.45, 2.75) is 6.92 Å². The summed E-state index contributed by atoms with van der Waals surface area (Å²) >= 11 is 5.80. The number of nitrogens with zero attached hydrogens (tertiary/aromatic N) is 1. The number of hydrazone groups is 1. The van der Waals surface area contributed by atoms with Crippen LogP contribution in [0, 0.1) is 0 Å². The van der Waals surface area contributed by atoms with Crippen molar-refractivity contribution in [3.05, 3.63) is 58.6 Å². The standard InChI is InChI=1S/C16H15ClN2O3/c1-2-22-13-6-3-11(4-7-13)10-18-19-12-5-8-15(17)14(9-12)16(20)21/h3-10,19H,2H2,1H3,(H,20,21)/b18-10+. The monoisotopic (exact) mass is 318 g/mol. The van der Waals surface area contributed by atoms with Gasteiger partial charge < -0.3 is 9.84 Å². The lowest BCUT2D eigenvalue weighted by Gasteiger charge is -2.04. The van der Waals surface area contributed by atoms with E-state index in [1.807, 2.05) is 31.2 Å². The van der Waals surface area contributed by atoms with E-state index >= 15 is 0 Å². The van der Waals surface area contributed by atoms with Crippen LogP contribution in [0.3, 0.4) is 0 Å². The summed E-state index contributed by atoms with van der Waals surface area (Å²) in [5.41, 5.74) is 4.24. The second-order valence-corrected chi connectivity index (χ2v) is 4.78. The third kappa shape index (κ3) is 4.23. The van der Waals surface area contributed by atoms with Crippen LogP contribution in [0.25, 0.3) is 0 Å². The van der Waals surface area contributed by atoms with Gasteiger partial charge in [0.15, 0.2) is 0 Å². The van der Waals surface area contributed by atoms with Gasteiger partial charge in [-0.1, -0.05) is 11.6 Å². The molecule has 22 heavy (non-hydrogen) atoms. The lowest BCUT2D eigenvalue weighted by atomic mass is 10.2. The van der Waals surface area contributed by atoms with Crippen molar-refractivity contribution in [3.63, 3.8) is 0 Å². The van der Waals surface area contributed by atoms with Gasteiger partial charge in [-0.15, -0.1) is 0 Å². The Balaban J connectivity index is 2.03. The molecule has 0 amide bonds. The van der Waals surface area contributed by atoms with Crippen LogP contribution in [0.1, 0.15) is 22.8 Å². The Morgan fingerprint density at radius 3 is 2.68 bits per heavy atom. The molecule has 0 atom stereocenters. The number of ether oxygens (including phenoxy) is 1. The molecule has 0 fully saturated rings. The molecule has 0 aliphatic rings. The molecule has 0 radical (unpaired) electrons. The highest BCUT2D eigenvalue weighted by Crippen LogP contribution is 2.20. The summed E-state index contributed by atoms with van der Waals surface area (Å²) in [6.07, 6.45) is 1.63. The quantitative estimate of drug-likeness (QED) is 0.626. The summed E-state index contributed by atoms with van der Waals surface area (Å²) in [6.45, 7) is 2.55. The van der Waals surface area contributed by atoms with Crippen molar-refractivity contribution >= 4 is 29.5 Å². The Labute approximate surface area is 133 Å². The maximum Gasteiger partial charge on any atom is 0.337 e. The van der Waals surface area contributed by atoms with E-state index < -0.39 is 5.97 Å². The summed E-state index contributed by atoms with van der Waals surface area (Å²) in [5.74, 6) is -0.277. The fraction of sp³-hybridized carbons (Fsp3) is 0.125. The van der Waals surface area contributed by atoms with Crippen LogP contribution in [0.15, 0.2) is 47.6 Å². The Morgan fingerprint density at radius 2 is 2.05 bits per heavy atom. The normalized spacial score (nSPS) is 10.6. The Kier molecular flexibility index (Phi) is 5.38. The molecular formula is C16H15ClN2O3. The van der Waals surface area contributed by atoms with E-state index in [0.29, 0.717) is 12.3 Å². The Bertz CT molecular complexity index is 684. The number of anilines is 1. The first-order valence-corrected chi connectivity index (χ1v) is 7.02. The Hall–Kier alpha value is -2.53. The molecule has 0 saturated carbocycles. The van der Waals surface area contributed by atoms with Crippen molar-refractivity contribution in [2.24, 2.45) is 5.10 Å². The number of carboxylic acid groups (broad SMARTS) is 1. The number of benzene rings is 2. The molecule has 0 saturated heterocycles. The third-order valence-corrected chi connectivity index (χ3v) is 3.12. The number of carboxylic acids is 1. The number of nitrogens with one attached hydrogen (secondary N) is 1. The van der Waals surface area contributed by atoms with E-state index in [2.05, 4.69) is 10.5 Å². The average Bonchev–Trinajstić information content (AvgIpc) is 2.51. The fourth-order valence-electron chi connectivity index (χ4n) is 1.76. The molecule has 0 spiro atoms. The van der Waals surface area contributed by atoms with E-state index in [9.17, 15) is 4.79 Å². The van der Waals surface area contributed by atoms with E-state index in [1.165, 1.54) is 12.1 Å². The van der Waals surface area contributed by atoms with Crippen molar-refractivity contribution < 1.29 is 14.6 Å². The maximum absolute atomic E-state index is 11.0. The van der Waals surface area contributed by atoms with Gasteiger partial charge in [-0.2, -0.15) is 5.10 Å². The molecule has 2 N–H and O–H groups in total. The van der Waals surface area contributed by atoms with Crippen LogP contribution in [0.2, 0.25) is 5.02 Å². The van der Waals surface area contributed by atoms with Crippen LogP contribution in [-0.2, 0) is 0 Å². The largest absolute Gasteiger partial charge is 0.494 e. The van der Waals surface area contributed by atoms with Gasteiger partial charge in [-0.05, 0) is 55.0 Å². The first-order valence-electron chi connectivity index (χ1n) is 6.65. The minimum absolute atomic E-state index is 0.0305. The molecule has 0 bridgehead atoms. The van der Waals surface area contributed by atoms with E-state index in [0.717, 1.165) is 11.3 Å². The molecule has 2 aromatic rings. The van der Waals surface area contributed by atoms with Crippen molar-refractivity contribution in [1.29, 1.82) is 0 Å². The summed E-state index contributed by atoms with van der Waals surface area (Å²) in [4.78, 5) is 11.0. The molecular weight excluding hydrogens is 304 g/mol. The number of rotatable bonds is 6. The molecule has 5 nitrogen and oxygen atoms in total. The second-order valence-electron chi connectivity index (χ2n) is 4.37. The Morgan fingerprint density at radius 1 is 1.32 bits per heavy atom. The molecule has 2 rings (SSSR count). The van der Waals surface area contributed by atoms with Gasteiger partial charge in [-0.3, -0.25) is 5.43 Å². The molecule has 0 aromatic heterocycles. The number of hydrogen-bond donors (Lipinski definition) is 2. The minimum Gasteiger partial charge on any atom is -0.494 e. The van der Waals surface area contributed by atoms with E-state index in [1.54, 1.807) is 12.3 Å². The van der Waals surface area contributed by atoms with Gasteiger partial charge in [0.05, 0.1) is 29.1 Å². The molecule has 6 heteroatoms. The lowest BCUT2D eigenvalue weighted by molar-refractivity contribution is 0.0697. The maximum atomic E-state index is 11.0. The SMILES string of the molecule is CCOc1ccc(/C=N/Nc2ccc(Cl)c(C(=O)O)c2)cc1. The summed E-state index contributed by atoms with van der Waals surface area (Å²) in [5, 5.41) is 13.3. The zero-order chi connectivity index (χ0) is 15.9. The summed E-state index contributed by atoms with van der Waals surface area (Å²) in [7, 11) is 0. The van der Waals surface area contributed by atoms with Crippen LogP contribution < -0.4 is 10.2 Å². The minimum atomic E-state index is -1.08. The highest BCUT2D eigenvalue weighted by atomic mass is 35.5. The molecule has 2 aromatic carbocycles. The highest BCUT2D eigenvalue weighted by Gasteiger charge is 2.08. The number of aromatic carboxylic acids is 1. The predicted molar refractivity (Wildman–Crippen MR) is 87.2 cm³/mol. The molecule has 0 aliphatic heterocycles. The van der Waals surface area contributed by atoms with Crippen molar-refractivity contribution in [2.75, 3.05) is 12.0 Å². The zero-order valence-electron chi connectivity index (χ0n) is 11.9. The molecule has 0 unspecified atom stereocenters. The van der Waals surface area contributed by atoms with Crippen LogP contribution in [0.4, 0.5) is 5.69 Å². The number of hydrogen-bond acceptors (Lipinski definition) is 4. The van der Waals surface area contributed by atoms with Gasteiger partial charge in [-0.25, -0.2) is 4.79 Å². The first kappa shape index (κ1) is 15.9. The first-order chi connectivity index (χ1) is 10.6. The van der Waals surface area contributed by atoms with Crippen LogP contribution >= 0.6 is 11.6 Å². The zero-order valence-corrected chi connectivity index (χ0v) is 12.7. The molecule has 114 valence electrons. The van der Waals surface area contributed by atoms with Crippen molar-refractivity contribution in [1.82, 2.24) is 0 Å². The smallest absolute Gasteiger partial charge is 0.337 e. The summed E-state index contributed by atoms with van der Waals surface area (Å²) in [6, 6.07) is 12.1. The molecule has 0 aliphatic carbocycles. The van der Waals surface area contributed by atoms with Crippen LogP contribution in [-0.4, -0.2) is 23.9 Å². The van der Waals surface area contributed by atoms with Gasteiger partial charge in [0.1, 0.15) is 5.75 Å². The average molecular weight is 319 g/mol. The van der Waals surface area contributed by atoms with Gasteiger partial charge >= 0.3 is 5.97 Å². The number of carbonyl (C=O) groups is 1. The van der Waals surface area contributed by atoms with Gasteiger partial charge in [0, 0.05) is 0 Å². The van der Waals surface area contributed by atoms with Gasteiger partial charge in [0.25, 0.3) is 0 Å². The van der Waals surface area contributed by atoms with Gasteiger partial charge in [0.2, 0.25) is 0 Å². The van der Waals surface area contributed by atoms with Crippen LogP contribution in [0.5, 0.6) is 5.75 Å². The lowest BCUT2D eigenvalue weighted by Crippen LogP contribution is -1.99. The predicted octanol–water partition coefficient (Wildman–Crippen LogP) is 3.88. The topological polar surface area (TPSA) is 70.9 Å². The summed E-state index contributed by atoms with van der Waals surface area (Å²) < 4.78 is 5.35. The van der Waals surface area contributed by atoms with E-state index in [-0.39, 0.29) is 10.6 Å². The number of halogens is 1. The highest BCUT2D eigenvalue weighted by molar-refractivity contribution is 6.33. The fourth-order valence-corrected chi connectivity index (χ4v) is 1.96. The van der Waals surface area contributed by atoms with E-state index in [4.69, 9.17) is 21.4 Å². The second kappa shape index (κ2) is 7.47.